The summed E-state index contributed by atoms with van der Waals surface area (Å²) in [6, 6.07) is 8.85. The number of benzene rings is 1. The lowest BCUT2D eigenvalue weighted by Crippen LogP contribution is -2.22. The summed E-state index contributed by atoms with van der Waals surface area (Å²) < 4.78 is 5.67. The summed E-state index contributed by atoms with van der Waals surface area (Å²) in [4.78, 5) is 12.2. The molecule has 1 heterocycles. The van der Waals surface area contributed by atoms with Gasteiger partial charge in [0.2, 0.25) is 11.0 Å². The number of nitriles is 1. The highest BCUT2D eigenvalue weighted by molar-refractivity contribution is 8.02. The molecule has 2 aromatic rings. The molecule has 0 radical (unpaired) electrons. The lowest BCUT2D eigenvalue weighted by atomic mass is 10.2. The van der Waals surface area contributed by atoms with Crippen LogP contribution >= 0.6 is 23.1 Å². The summed E-state index contributed by atoms with van der Waals surface area (Å²) in [5, 5.41) is 23.2. The summed E-state index contributed by atoms with van der Waals surface area (Å²) in [5.74, 6) is -0.154. The fourth-order valence-electron chi connectivity index (χ4n) is 1.70. The van der Waals surface area contributed by atoms with Crippen LogP contribution < -0.4 is 10.6 Å². The fourth-order valence-corrected chi connectivity index (χ4v) is 3.63. The highest BCUT2D eigenvalue weighted by Crippen LogP contribution is 2.29. The lowest BCUT2D eigenvalue weighted by Gasteiger charge is -2.10. The molecule has 2 rings (SSSR count). The quantitative estimate of drug-likeness (QED) is 0.549. The molecule has 1 aromatic heterocycles. The van der Waals surface area contributed by atoms with E-state index in [1.54, 1.807) is 38.3 Å². The molecule has 1 amide bonds. The van der Waals surface area contributed by atoms with Crippen LogP contribution in [0.25, 0.3) is 0 Å². The van der Waals surface area contributed by atoms with E-state index in [9.17, 15) is 4.79 Å². The van der Waals surface area contributed by atoms with Crippen LogP contribution in [0.1, 0.15) is 12.5 Å². The standard InChI is InChI=1S/C15H17N5O2S2/c1-10(13(21)18-12-5-3-4-11(8-12)9-16)23-15-20-19-14(24-15)17-6-7-22-2/h3-5,8,10H,6-7H2,1-2H3,(H,17,19)(H,18,21)/t10-/m1/s1. The van der Waals surface area contributed by atoms with Gasteiger partial charge in [0, 0.05) is 19.3 Å². The monoisotopic (exact) mass is 363 g/mol. The van der Waals surface area contributed by atoms with Crippen molar-refractivity contribution in [3.8, 4) is 6.07 Å². The Bertz CT molecular complexity index is 729. The number of aromatic nitrogens is 2. The number of anilines is 2. The third-order valence-corrected chi connectivity index (χ3v) is 4.96. The van der Waals surface area contributed by atoms with E-state index in [2.05, 4.69) is 20.8 Å². The normalized spacial score (nSPS) is 11.5. The zero-order valence-electron chi connectivity index (χ0n) is 13.3. The third-order valence-electron chi connectivity index (χ3n) is 2.89. The molecular formula is C15H17N5O2S2. The highest BCUT2D eigenvalue weighted by Gasteiger charge is 2.17. The topological polar surface area (TPSA) is 99.9 Å². The van der Waals surface area contributed by atoms with E-state index >= 15 is 0 Å². The Morgan fingerprint density at radius 3 is 3.08 bits per heavy atom. The van der Waals surface area contributed by atoms with Gasteiger partial charge < -0.3 is 15.4 Å². The van der Waals surface area contributed by atoms with Crippen molar-refractivity contribution >= 4 is 39.8 Å². The number of nitrogens with one attached hydrogen (secondary N) is 2. The molecule has 1 aromatic carbocycles. The number of hydrogen-bond donors (Lipinski definition) is 2. The Balaban J connectivity index is 1.88. The molecule has 1 atom stereocenters. The van der Waals surface area contributed by atoms with E-state index < -0.39 is 0 Å². The van der Waals surface area contributed by atoms with Gasteiger partial charge in [0.15, 0.2) is 4.34 Å². The van der Waals surface area contributed by atoms with Gasteiger partial charge in [-0.05, 0) is 25.1 Å². The van der Waals surface area contributed by atoms with Crippen LogP contribution in [-0.4, -0.2) is 41.6 Å². The van der Waals surface area contributed by atoms with Crippen molar-refractivity contribution in [1.29, 1.82) is 5.26 Å². The molecule has 0 aliphatic carbocycles. The predicted octanol–water partition coefficient (Wildman–Crippen LogP) is 2.59. The van der Waals surface area contributed by atoms with Crippen molar-refractivity contribution < 1.29 is 9.53 Å². The van der Waals surface area contributed by atoms with Crippen LogP contribution in [-0.2, 0) is 9.53 Å². The van der Waals surface area contributed by atoms with E-state index in [1.807, 2.05) is 6.07 Å². The molecule has 0 saturated carbocycles. The minimum Gasteiger partial charge on any atom is -0.383 e. The SMILES string of the molecule is COCCNc1nnc(S[C@H](C)C(=O)Nc2cccc(C#N)c2)s1. The summed E-state index contributed by atoms with van der Waals surface area (Å²) in [5.41, 5.74) is 1.11. The Morgan fingerprint density at radius 2 is 2.33 bits per heavy atom. The Labute approximate surface area is 148 Å². The molecule has 0 fully saturated rings. The number of carbonyl (C=O) groups excluding carboxylic acids is 1. The van der Waals surface area contributed by atoms with E-state index in [4.69, 9.17) is 10.00 Å². The molecule has 126 valence electrons. The zero-order chi connectivity index (χ0) is 17.4. The second-order valence-corrected chi connectivity index (χ2v) is 7.30. The highest BCUT2D eigenvalue weighted by atomic mass is 32.2. The van der Waals surface area contributed by atoms with Crippen molar-refractivity contribution in [1.82, 2.24) is 10.2 Å². The number of nitrogens with zero attached hydrogens (tertiary/aromatic N) is 3. The number of rotatable bonds is 8. The number of carbonyl (C=O) groups is 1. The average molecular weight is 363 g/mol. The number of hydrogen-bond acceptors (Lipinski definition) is 8. The molecule has 24 heavy (non-hydrogen) atoms. The zero-order valence-corrected chi connectivity index (χ0v) is 14.9. The molecule has 0 aliphatic rings. The van der Waals surface area contributed by atoms with Crippen molar-refractivity contribution in [3.63, 3.8) is 0 Å². The molecule has 0 unspecified atom stereocenters. The summed E-state index contributed by atoms with van der Waals surface area (Å²) in [7, 11) is 1.63. The fraction of sp³-hybridized carbons (Fsp3) is 0.333. The van der Waals surface area contributed by atoms with Crippen LogP contribution in [0.4, 0.5) is 10.8 Å². The van der Waals surface area contributed by atoms with Crippen LogP contribution in [0.5, 0.6) is 0 Å². The van der Waals surface area contributed by atoms with E-state index in [0.29, 0.717) is 33.9 Å². The molecule has 0 aliphatic heterocycles. The second kappa shape index (κ2) is 9.22. The smallest absolute Gasteiger partial charge is 0.237 e. The molecule has 7 nitrogen and oxygen atoms in total. The first-order valence-corrected chi connectivity index (χ1v) is 8.86. The summed E-state index contributed by atoms with van der Waals surface area (Å²) in [6.45, 7) is 3.04. The van der Waals surface area contributed by atoms with E-state index in [1.165, 1.54) is 23.1 Å². The van der Waals surface area contributed by atoms with Gasteiger partial charge in [-0.15, -0.1) is 10.2 Å². The maximum atomic E-state index is 12.2. The minimum absolute atomic E-state index is 0.154. The largest absolute Gasteiger partial charge is 0.383 e. The number of methoxy groups -OCH3 is 1. The van der Waals surface area contributed by atoms with Crippen molar-refractivity contribution in [2.75, 3.05) is 30.9 Å². The van der Waals surface area contributed by atoms with Gasteiger partial charge in [-0.25, -0.2) is 0 Å². The van der Waals surface area contributed by atoms with Gasteiger partial charge in [0.25, 0.3) is 0 Å². The minimum atomic E-state index is -0.337. The Morgan fingerprint density at radius 1 is 1.50 bits per heavy atom. The predicted molar refractivity (Wildman–Crippen MR) is 95.4 cm³/mol. The van der Waals surface area contributed by atoms with Crippen LogP contribution in [0.3, 0.4) is 0 Å². The first kappa shape index (κ1) is 18.2. The maximum absolute atomic E-state index is 12.2. The van der Waals surface area contributed by atoms with E-state index in [-0.39, 0.29) is 11.2 Å². The van der Waals surface area contributed by atoms with Gasteiger partial charge in [0.05, 0.1) is 23.5 Å². The first-order chi connectivity index (χ1) is 11.6. The van der Waals surface area contributed by atoms with Crippen LogP contribution in [0.2, 0.25) is 0 Å². The molecular weight excluding hydrogens is 346 g/mol. The van der Waals surface area contributed by atoms with Gasteiger partial charge in [-0.2, -0.15) is 5.26 Å². The lowest BCUT2D eigenvalue weighted by molar-refractivity contribution is -0.115. The van der Waals surface area contributed by atoms with Crippen molar-refractivity contribution in [2.45, 2.75) is 16.5 Å². The molecule has 0 bridgehead atoms. The van der Waals surface area contributed by atoms with Gasteiger partial charge in [-0.1, -0.05) is 29.2 Å². The van der Waals surface area contributed by atoms with Crippen LogP contribution in [0.15, 0.2) is 28.6 Å². The number of amides is 1. The maximum Gasteiger partial charge on any atom is 0.237 e. The van der Waals surface area contributed by atoms with Gasteiger partial charge in [-0.3, -0.25) is 4.79 Å². The van der Waals surface area contributed by atoms with Crippen molar-refractivity contribution in [3.05, 3.63) is 29.8 Å². The summed E-state index contributed by atoms with van der Waals surface area (Å²) in [6.07, 6.45) is 0. The number of ether oxygens (including phenoxy) is 1. The Hall–Kier alpha value is -2.15. The summed E-state index contributed by atoms with van der Waals surface area (Å²) >= 11 is 2.73. The second-order valence-electron chi connectivity index (χ2n) is 4.73. The van der Waals surface area contributed by atoms with Crippen molar-refractivity contribution in [2.24, 2.45) is 0 Å². The van der Waals surface area contributed by atoms with Crippen LogP contribution in [0, 0.1) is 11.3 Å². The molecule has 2 N–H and O–H groups in total. The third kappa shape index (κ3) is 5.49. The first-order valence-electron chi connectivity index (χ1n) is 7.16. The molecule has 9 heteroatoms. The average Bonchev–Trinajstić information content (AvgIpc) is 3.02. The number of thioether (sulfide) groups is 1. The van der Waals surface area contributed by atoms with E-state index in [0.717, 1.165) is 0 Å². The Kier molecular flexibility index (Phi) is 6.99. The molecule has 0 spiro atoms. The molecule has 0 saturated heterocycles. The van der Waals surface area contributed by atoms with Gasteiger partial charge in [0.1, 0.15) is 0 Å². The van der Waals surface area contributed by atoms with Gasteiger partial charge >= 0.3 is 0 Å².